The molecule has 1 rings (SSSR count). The maximum Gasteiger partial charge on any atom is 0.311 e. The first kappa shape index (κ1) is 13.8. The number of halogens is 3. The fourth-order valence-electron chi connectivity index (χ4n) is 1.32. The van der Waals surface area contributed by atoms with E-state index in [1.807, 2.05) is 0 Å². The van der Waals surface area contributed by atoms with Crippen molar-refractivity contribution < 1.29 is 18.3 Å². The number of pyridine rings is 1. The lowest BCUT2D eigenvalue weighted by atomic mass is 10.1. The third-order valence-electron chi connectivity index (χ3n) is 2.19. The van der Waals surface area contributed by atoms with E-state index in [4.69, 9.17) is 0 Å². The third-order valence-corrected chi connectivity index (χ3v) is 2.80. The van der Waals surface area contributed by atoms with Gasteiger partial charge in [0.2, 0.25) is 0 Å². The fraction of sp³-hybridized carbons (Fsp3) is 0.400. The molecule has 0 atom stereocenters. The van der Waals surface area contributed by atoms with Crippen LogP contribution >= 0.6 is 15.9 Å². The highest BCUT2D eigenvalue weighted by molar-refractivity contribution is 9.08. The molecule has 94 valence electrons. The van der Waals surface area contributed by atoms with Crippen molar-refractivity contribution in [3.05, 3.63) is 33.2 Å². The van der Waals surface area contributed by atoms with Crippen molar-refractivity contribution in [3.8, 4) is 0 Å². The van der Waals surface area contributed by atoms with Gasteiger partial charge in [-0.1, -0.05) is 15.9 Å². The van der Waals surface area contributed by atoms with Crippen LogP contribution < -0.4 is 5.43 Å². The smallest absolute Gasteiger partial charge is 0.311 e. The van der Waals surface area contributed by atoms with E-state index in [0.29, 0.717) is 0 Å². The van der Waals surface area contributed by atoms with Gasteiger partial charge in [-0.2, -0.15) is 0 Å². The van der Waals surface area contributed by atoms with Crippen molar-refractivity contribution in [1.29, 1.82) is 0 Å². The van der Waals surface area contributed by atoms with Gasteiger partial charge in [0, 0.05) is 22.8 Å². The van der Waals surface area contributed by atoms with Crippen LogP contribution in [0.25, 0.3) is 0 Å². The van der Waals surface area contributed by atoms with Gasteiger partial charge in [0.05, 0.1) is 19.1 Å². The Bertz CT molecular complexity index is 473. The molecule has 0 aliphatic carbocycles. The average Bonchev–Trinajstić information content (AvgIpc) is 2.28. The predicted octanol–water partition coefficient (Wildman–Crippen LogP) is 1.92. The molecule has 0 radical (unpaired) electrons. The summed E-state index contributed by atoms with van der Waals surface area (Å²) in [4.78, 5) is 25.2. The summed E-state index contributed by atoms with van der Waals surface area (Å²) in [5.74, 6) is -0.686. The van der Waals surface area contributed by atoms with Crippen molar-refractivity contribution in [3.63, 3.8) is 0 Å². The van der Waals surface area contributed by atoms with E-state index in [2.05, 4.69) is 25.7 Å². The summed E-state index contributed by atoms with van der Waals surface area (Å²) in [7, 11) is 1.15. The highest BCUT2D eigenvalue weighted by Crippen LogP contribution is 2.19. The zero-order valence-corrected chi connectivity index (χ0v) is 10.5. The molecule has 1 aromatic rings. The van der Waals surface area contributed by atoms with Gasteiger partial charge in [-0.15, -0.1) is 0 Å². The Hall–Kier alpha value is -1.24. The molecule has 0 saturated heterocycles. The summed E-state index contributed by atoms with van der Waals surface area (Å²) in [5, 5.41) is 0.167. The Kier molecular flexibility index (Phi) is 4.80. The topological polar surface area (TPSA) is 59.2 Å². The minimum atomic E-state index is -2.93. The molecule has 0 saturated carbocycles. The Morgan fingerprint density at radius 2 is 2.24 bits per heavy atom. The van der Waals surface area contributed by atoms with Crippen LogP contribution in [0.5, 0.6) is 0 Å². The number of alkyl halides is 3. The quantitative estimate of drug-likeness (QED) is 0.683. The minimum Gasteiger partial charge on any atom is -0.469 e. The van der Waals surface area contributed by atoms with Gasteiger partial charge in [-0.25, -0.2) is 8.78 Å². The van der Waals surface area contributed by atoms with E-state index in [1.54, 1.807) is 0 Å². The molecule has 0 aliphatic rings. The van der Waals surface area contributed by atoms with Crippen LogP contribution in [-0.4, -0.2) is 18.1 Å². The van der Waals surface area contributed by atoms with Crippen LogP contribution in [-0.2, 0) is 21.3 Å². The molecule has 0 fully saturated rings. The Labute approximate surface area is 104 Å². The summed E-state index contributed by atoms with van der Waals surface area (Å²) >= 11 is 3.02. The number of ether oxygens (including phenoxy) is 1. The van der Waals surface area contributed by atoms with Gasteiger partial charge in [0.15, 0.2) is 5.43 Å². The second kappa shape index (κ2) is 5.90. The zero-order chi connectivity index (χ0) is 13.0. The Morgan fingerprint density at radius 3 is 2.71 bits per heavy atom. The van der Waals surface area contributed by atoms with E-state index in [0.717, 1.165) is 7.11 Å². The summed E-state index contributed by atoms with van der Waals surface area (Å²) in [6, 6.07) is 0. The van der Waals surface area contributed by atoms with E-state index in [9.17, 15) is 18.4 Å². The third kappa shape index (κ3) is 3.12. The molecule has 4 nitrogen and oxygen atoms in total. The Morgan fingerprint density at radius 1 is 1.59 bits per heavy atom. The number of aromatic nitrogens is 1. The molecule has 0 aliphatic heterocycles. The largest absolute Gasteiger partial charge is 0.469 e. The van der Waals surface area contributed by atoms with Crippen molar-refractivity contribution >= 4 is 21.9 Å². The maximum atomic E-state index is 12.8. The van der Waals surface area contributed by atoms with Crippen LogP contribution in [0.1, 0.15) is 23.2 Å². The van der Waals surface area contributed by atoms with E-state index >= 15 is 0 Å². The number of carbonyl (C=O) groups is 1. The number of hydrogen-bond acceptors (Lipinski definition) is 3. The average molecular weight is 310 g/mol. The van der Waals surface area contributed by atoms with Crippen LogP contribution in [0, 0.1) is 0 Å². The van der Waals surface area contributed by atoms with E-state index < -0.39 is 23.4 Å². The van der Waals surface area contributed by atoms with Crippen molar-refractivity contribution in [2.75, 3.05) is 7.11 Å². The monoisotopic (exact) mass is 309 g/mol. The first-order valence-electron chi connectivity index (χ1n) is 4.65. The number of esters is 1. The molecule has 0 spiro atoms. The summed E-state index contributed by atoms with van der Waals surface area (Å²) in [6.45, 7) is 0. The van der Waals surface area contributed by atoms with E-state index in [-0.39, 0.29) is 23.0 Å². The molecule has 0 bridgehead atoms. The molecule has 7 heteroatoms. The summed E-state index contributed by atoms with van der Waals surface area (Å²) in [6.07, 6.45) is -2.01. The first-order chi connectivity index (χ1) is 8.01. The summed E-state index contributed by atoms with van der Waals surface area (Å²) < 4.78 is 29.9. The van der Waals surface area contributed by atoms with Crippen LogP contribution in [0.4, 0.5) is 8.78 Å². The number of hydrogen-bond donors (Lipinski definition) is 1. The highest BCUT2D eigenvalue weighted by Gasteiger charge is 2.21. The van der Waals surface area contributed by atoms with E-state index in [1.165, 1.54) is 6.20 Å². The van der Waals surface area contributed by atoms with Gasteiger partial charge < -0.3 is 9.72 Å². The molecular weight excluding hydrogens is 300 g/mol. The first-order valence-corrected chi connectivity index (χ1v) is 5.77. The molecule has 17 heavy (non-hydrogen) atoms. The normalized spacial score (nSPS) is 10.6. The lowest BCUT2D eigenvalue weighted by Crippen LogP contribution is -2.20. The lowest BCUT2D eigenvalue weighted by molar-refractivity contribution is -0.139. The van der Waals surface area contributed by atoms with Gasteiger partial charge >= 0.3 is 5.97 Å². The second-order valence-corrected chi connectivity index (χ2v) is 3.78. The Balaban J connectivity index is 3.27. The molecule has 1 aromatic heterocycles. The van der Waals surface area contributed by atoms with Crippen molar-refractivity contribution in [2.24, 2.45) is 0 Å². The van der Waals surface area contributed by atoms with Gasteiger partial charge in [0.25, 0.3) is 6.43 Å². The molecule has 1 heterocycles. The van der Waals surface area contributed by atoms with Gasteiger partial charge in [-0.3, -0.25) is 9.59 Å². The molecule has 0 aromatic carbocycles. The van der Waals surface area contributed by atoms with Crippen LogP contribution in [0.15, 0.2) is 11.0 Å². The SMILES string of the molecule is COC(=O)Cc1[nH]cc(CBr)c(=O)c1C(F)F. The van der Waals surface area contributed by atoms with Crippen LogP contribution in [0.3, 0.4) is 0 Å². The van der Waals surface area contributed by atoms with Crippen molar-refractivity contribution in [1.82, 2.24) is 4.98 Å². The molecule has 0 unspecified atom stereocenters. The number of nitrogens with one attached hydrogen (secondary N) is 1. The summed E-state index contributed by atoms with van der Waals surface area (Å²) in [5.41, 5.74) is -1.35. The predicted molar refractivity (Wildman–Crippen MR) is 60.4 cm³/mol. The lowest BCUT2D eigenvalue weighted by Gasteiger charge is -2.08. The van der Waals surface area contributed by atoms with Gasteiger partial charge in [0.1, 0.15) is 0 Å². The van der Waals surface area contributed by atoms with Crippen molar-refractivity contribution in [2.45, 2.75) is 18.2 Å². The fourth-order valence-corrected chi connectivity index (χ4v) is 1.74. The number of rotatable bonds is 4. The maximum absolute atomic E-state index is 12.8. The number of H-pyrrole nitrogens is 1. The minimum absolute atomic E-state index is 0.110. The number of aromatic amines is 1. The van der Waals surface area contributed by atoms with Gasteiger partial charge in [-0.05, 0) is 0 Å². The number of methoxy groups -OCH3 is 1. The number of carbonyl (C=O) groups excluding carboxylic acids is 1. The second-order valence-electron chi connectivity index (χ2n) is 3.22. The highest BCUT2D eigenvalue weighted by atomic mass is 79.9. The van der Waals surface area contributed by atoms with Crippen LogP contribution in [0.2, 0.25) is 0 Å². The molecule has 0 amide bonds. The molecular formula is C10H10BrF2NO3. The standard InChI is InChI=1S/C10H10BrF2NO3/c1-17-7(15)2-6-8(10(12)13)9(16)5(3-11)4-14-6/h4,10H,2-3H2,1H3,(H,14,16). The zero-order valence-electron chi connectivity index (χ0n) is 8.93. The molecule has 1 N–H and O–H groups in total.